The number of halogens is 2. The molecule has 3 aromatic rings. The van der Waals surface area contributed by atoms with Crippen molar-refractivity contribution in [2.45, 2.75) is 13.5 Å². The number of aromatic nitrogens is 2. The second kappa shape index (κ2) is 3.07. The number of aryl methyl sites for hydroxylation is 1. The van der Waals surface area contributed by atoms with Crippen LogP contribution in [0.1, 0.15) is 12.1 Å². The van der Waals surface area contributed by atoms with Gasteiger partial charge in [0.25, 0.3) is 0 Å². The molecule has 0 aliphatic rings. The first kappa shape index (κ1) is 9.39. The van der Waals surface area contributed by atoms with E-state index in [2.05, 4.69) is 0 Å². The molecule has 3 rings (SSSR count). The van der Waals surface area contributed by atoms with Gasteiger partial charge in [-0.3, -0.25) is 4.57 Å². The molecule has 0 aliphatic carbocycles. The summed E-state index contributed by atoms with van der Waals surface area (Å²) in [4.78, 5) is 0. The molecule has 2 heterocycles. The van der Waals surface area contributed by atoms with E-state index in [0.29, 0.717) is 11.2 Å². The van der Waals surface area contributed by atoms with E-state index in [1.807, 2.05) is 25.3 Å². The number of hydrogen-bond donors (Lipinski definition) is 0. The zero-order valence-corrected chi connectivity index (χ0v) is 8.69. The maximum Gasteiger partial charge on any atom is 0.320 e. The van der Waals surface area contributed by atoms with Crippen LogP contribution in [0.2, 0.25) is 0 Å². The second-order valence-corrected chi connectivity index (χ2v) is 3.88. The third-order valence-corrected chi connectivity index (χ3v) is 2.78. The summed E-state index contributed by atoms with van der Waals surface area (Å²) in [7, 11) is 0. The molecule has 0 N–H and O–H groups in total. The second-order valence-electron chi connectivity index (χ2n) is 3.88. The molecule has 0 fully saturated rings. The van der Waals surface area contributed by atoms with Crippen LogP contribution in [-0.2, 0) is 0 Å². The van der Waals surface area contributed by atoms with E-state index in [0.717, 1.165) is 15.6 Å². The molecular formula is C12H10F2N2. The van der Waals surface area contributed by atoms with Gasteiger partial charge in [-0.15, -0.1) is 0 Å². The average molecular weight is 220 g/mol. The number of fused-ring (bicyclic) bond motifs is 3. The Labute approximate surface area is 90.7 Å². The molecule has 0 atom stereocenters. The van der Waals surface area contributed by atoms with Gasteiger partial charge in [0.05, 0.1) is 11.0 Å². The van der Waals surface area contributed by atoms with Gasteiger partial charge < -0.3 is 4.40 Å². The fourth-order valence-corrected chi connectivity index (χ4v) is 2.16. The molecule has 0 amide bonds. The molecular weight excluding hydrogens is 210 g/mol. The number of rotatable bonds is 1. The molecule has 16 heavy (non-hydrogen) atoms. The zero-order valence-electron chi connectivity index (χ0n) is 8.69. The lowest BCUT2D eigenvalue weighted by Gasteiger charge is -2.02. The number of imidazole rings is 1. The average Bonchev–Trinajstić information content (AvgIpc) is 2.72. The molecule has 0 saturated heterocycles. The van der Waals surface area contributed by atoms with E-state index in [1.165, 1.54) is 0 Å². The van der Waals surface area contributed by atoms with Gasteiger partial charge in [0.1, 0.15) is 5.65 Å². The fraction of sp³-hybridized carbons (Fsp3) is 0.167. The lowest BCUT2D eigenvalue weighted by molar-refractivity contribution is 0.0791. The van der Waals surface area contributed by atoms with Gasteiger partial charge >= 0.3 is 6.55 Å². The summed E-state index contributed by atoms with van der Waals surface area (Å²) in [6, 6.07) is 8.96. The minimum atomic E-state index is -2.52. The van der Waals surface area contributed by atoms with Crippen molar-refractivity contribution in [3.8, 4) is 0 Å². The summed E-state index contributed by atoms with van der Waals surface area (Å²) in [5, 5.41) is 0. The summed E-state index contributed by atoms with van der Waals surface area (Å²) in [5.74, 6) is 0. The highest BCUT2D eigenvalue weighted by molar-refractivity contribution is 5.82. The van der Waals surface area contributed by atoms with Crippen molar-refractivity contribution in [3.05, 3.63) is 42.1 Å². The summed E-state index contributed by atoms with van der Waals surface area (Å²) in [6.45, 7) is -0.617. The highest BCUT2D eigenvalue weighted by Crippen LogP contribution is 2.27. The molecule has 0 bridgehead atoms. The number of alkyl halides is 2. The quantitative estimate of drug-likeness (QED) is 0.592. The predicted octanol–water partition coefficient (Wildman–Crippen LogP) is 3.60. The van der Waals surface area contributed by atoms with E-state index >= 15 is 0 Å². The van der Waals surface area contributed by atoms with Crippen LogP contribution < -0.4 is 0 Å². The third-order valence-electron chi connectivity index (χ3n) is 2.78. The van der Waals surface area contributed by atoms with Crippen LogP contribution in [0.3, 0.4) is 0 Å². The summed E-state index contributed by atoms with van der Waals surface area (Å²) >= 11 is 0. The molecule has 0 radical (unpaired) electrons. The van der Waals surface area contributed by atoms with Gasteiger partial charge in [-0.2, -0.15) is 8.78 Å². The molecule has 2 aromatic heterocycles. The van der Waals surface area contributed by atoms with Crippen LogP contribution in [0.4, 0.5) is 8.78 Å². The van der Waals surface area contributed by atoms with Crippen LogP contribution >= 0.6 is 0 Å². The minimum Gasteiger partial charge on any atom is -0.301 e. The number of nitrogens with zero attached hydrogens (tertiary/aromatic N) is 2. The van der Waals surface area contributed by atoms with Gasteiger partial charge in [-0.1, -0.05) is 12.1 Å². The molecule has 0 spiro atoms. The Hall–Kier alpha value is -1.84. The zero-order chi connectivity index (χ0) is 11.3. The van der Waals surface area contributed by atoms with Crippen molar-refractivity contribution in [2.24, 2.45) is 0 Å². The fourth-order valence-electron chi connectivity index (χ4n) is 2.16. The SMILES string of the molecule is Cc1cc2n(C(F)F)c3ccccc3n2c1. The van der Waals surface area contributed by atoms with Crippen molar-refractivity contribution < 1.29 is 8.78 Å². The van der Waals surface area contributed by atoms with Crippen molar-refractivity contribution in [2.75, 3.05) is 0 Å². The Bertz CT molecular complexity index is 664. The molecule has 82 valence electrons. The maximum absolute atomic E-state index is 13.0. The number of benzene rings is 1. The Balaban J connectivity index is 2.56. The van der Waals surface area contributed by atoms with Crippen molar-refractivity contribution in [1.29, 1.82) is 0 Å². The van der Waals surface area contributed by atoms with Crippen LogP contribution in [0.25, 0.3) is 16.7 Å². The first-order chi connectivity index (χ1) is 7.68. The molecule has 2 nitrogen and oxygen atoms in total. The molecule has 0 aliphatic heterocycles. The van der Waals surface area contributed by atoms with Gasteiger partial charge in [0.2, 0.25) is 0 Å². The smallest absolute Gasteiger partial charge is 0.301 e. The monoisotopic (exact) mass is 220 g/mol. The third kappa shape index (κ3) is 1.10. The Kier molecular flexibility index (Phi) is 1.80. The summed E-state index contributed by atoms with van der Waals surface area (Å²) in [6.07, 6.45) is 1.87. The van der Waals surface area contributed by atoms with Crippen molar-refractivity contribution in [3.63, 3.8) is 0 Å². The maximum atomic E-state index is 13.0. The lowest BCUT2D eigenvalue weighted by Crippen LogP contribution is -1.96. The highest BCUT2D eigenvalue weighted by atomic mass is 19.3. The largest absolute Gasteiger partial charge is 0.320 e. The summed E-state index contributed by atoms with van der Waals surface area (Å²) < 4.78 is 28.9. The normalized spacial score (nSPS) is 12.0. The molecule has 4 heteroatoms. The summed E-state index contributed by atoms with van der Waals surface area (Å²) in [5.41, 5.74) is 2.89. The van der Waals surface area contributed by atoms with E-state index in [9.17, 15) is 8.78 Å². The van der Waals surface area contributed by atoms with Crippen LogP contribution in [0.15, 0.2) is 36.5 Å². The van der Waals surface area contributed by atoms with Gasteiger partial charge in [0, 0.05) is 6.20 Å². The topological polar surface area (TPSA) is 9.34 Å². The Morgan fingerprint density at radius 1 is 1.12 bits per heavy atom. The van der Waals surface area contributed by atoms with Crippen LogP contribution in [0.5, 0.6) is 0 Å². The predicted molar refractivity (Wildman–Crippen MR) is 58.9 cm³/mol. The first-order valence-electron chi connectivity index (χ1n) is 5.04. The standard InChI is InChI=1S/C12H10F2N2/c1-8-6-11-15(7-8)9-4-2-3-5-10(9)16(11)12(13)14/h2-7,12H,1H3. The van der Waals surface area contributed by atoms with Crippen LogP contribution in [0, 0.1) is 6.92 Å². The Morgan fingerprint density at radius 2 is 1.81 bits per heavy atom. The number of hydrogen-bond acceptors (Lipinski definition) is 0. The first-order valence-corrected chi connectivity index (χ1v) is 5.04. The van der Waals surface area contributed by atoms with Crippen molar-refractivity contribution >= 4 is 16.7 Å². The lowest BCUT2D eigenvalue weighted by atomic mass is 10.3. The van der Waals surface area contributed by atoms with Gasteiger partial charge in [0.15, 0.2) is 0 Å². The Morgan fingerprint density at radius 3 is 2.50 bits per heavy atom. The van der Waals surface area contributed by atoms with E-state index in [4.69, 9.17) is 0 Å². The van der Waals surface area contributed by atoms with E-state index in [-0.39, 0.29) is 0 Å². The molecule has 0 unspecified atom stereocenters. The van der Waals surface area contributed by atoms with E-state index < -0.39 is 6.55 Å². The van der Waals surface area contributed by atoms with Gasteiger partial charge in [-0.05, 0) is 30.7 Å². The van der Waals surface area contributed by atoms with Crippen LogP contribution in [-0.4, -0.2) is 8.97 Å². The highest BCUT2D eigenvalue weighted by Gasteiger charge is 2.16. The van der Waals surface area contributed by atoms with Gasteiger partial charge in [-0.25, -0.2) is 0 Å². The van der Waals surface area contributed by atoms with E-state index in [1.54, 1.807) is 22.6 Å². The molecule has 1 aromatic carbocycles. The minimum absolute atomic E-state index is 0.536. The van der Waals surface area contributed by atoms with Crippen molar-refractivity contribution in [1.82, 2.24) is 8.97 Å². The number of para-hydroxylation sites is 2. The molecule has 0 saturated carbocycles.